The van der Waals surface area contributed by atoms with Gasteiger partial charge in [0.15, 0.2) is 0 Å². The second-order valence-corrected chi connectivity index (χ2v) is 7.69. The summed E-state index contributed by atoms with van der Waals surface area (Å²) in [6.07, 6.45) is 12.1. The minimum absolute atomic E-state index is 0.365. The predicted octanol–water partition coefficient (Wildman–Crippen LogP) is 3.91. The van der Waals surface area contributed by atoms with Gasteiger partial charge in [0.2, 0.25) is 0 Å². The molecule has 1 unspecified atom stereocenters. The Morgan fingerprint density at radius 3 is 2.76 bits per heavy atom. The van der Waals surface area contributed by atoms with E-state index in [9.17, 15) is 0 Å². The molecule has 0 bridgehead atoms. The van der Waals surface area contributed by atoms with Gasteiger partial charge in [0.1, 0.15) is 24.8 Å². The highest BCUT2D eigenvalue weighted by molar-refractivity contribution is 6.04. The molecule has 6 heteroatoms. The number of aromatic nitrogens is 4. The molecule has 2 aliphatic carbocycles. The van der Waals surface area contributed by atoms with Crippen molar-refractivity contribution in [1.29, 1.82) is 0 Å². The number of benzene rings is 1. The van der Waals surface area contributed by atoms with E-state index in [1.54, 1.807) is 19.6 Å². The SMILES string of the molecule is CON=C(c1n[nH]c2c1C=CC(c1ccccc1)(c1ccncn1)C2)C1CCC1. The minimum atomic E-state index is -0.365. The van der Waals surface area contributed by atoms with Crippen LogP contribution in [-0.2, 0) is 16.7 Å². The number of hydrogen-bond acceptors (Lipinski definition) is 5. The van der Waals surface area contributed by atoms with Gasteiger partial charge < -0.3 is 4.84 Å². The van der Waals surface area contributed by atoms with E-state index >= 15 is 0 Å². The predicted molar refractivity (Wildman–Crippen MR) is 111 cm³/mol. The van der Waals surface area contributed by atoms with Crippen LogP contribution in [0.1, 0.15) is 47.5 Å². The van der Waals surface area contributed by atoms with Gasteiger partial charge in [0.25, 0.3) is 0 Å². The lowest BCUT2D eigenvalue weighted by Crippen LogP contribution is -2.32. The Balaban J connectivity index is 1.60. The molecule has 0 spiro atoms. The zero-order valence-electron chi connectivity index (χ0n) is 16.4. The second kappa shape index (κ2) is 7.28. The highest BCUT2D eigenvalue weighted by atomic mass is 16.6. The molecule has 1 atom stereocenters. The third kappa shape index (κ3) is 2.95. The molecule has 1 saturated carbocycles. The smallest absolute Gasteiger partial charge is 0.117 e. The van der Waals surface area contributed by atoms with Crippen molar-refractivity contribution in [3.8, 4) is 0 Å². The van der Waals surface area contributed by atoms with Crippen LogP contribution in [0, 0.1) is 5.92 Å². The standard InChI is InChI=1S/C23H23N5O/c1-29-28-21(16-6-5-7-16)22-18-10-12-23(14-19(18)26-27-22,17-8-3-2-4-9-17)20-11-13-24-15-25-20/h2-4,8-13,15-16H,5-7,14H2,1H3,(H,26,27). The van der Waals surface area contributed by atoms with Crippen molar-refractivity contribution in [2.45, 2.75) is 31.1 Å². The molecule has 2 heterocycles. The van der Waals surface area contributed by atoms with Gasteiger partial charge in [-0.3, -0.25) is 5.10 Å². The molecule has 1 fully saturated rings. The van der Waals surface area contributed by atoms with E-state index in [0.717, 1.165) is 47.6 Å². The Kier molecular flexibility index (Phi) is 4.46. The normalized spacial score (nSPS) is 21.5. The van der Waals surface area contributed by atoms with Crippen LogP contribution in [0.5, 0.6) is 0 Å². The fourth-order valence-electron chi connectivity index (χ4n) is 4.36. The number of fused-ring (bicyclic) bond motifs is 1. The lowest BCUT2D eigenvalue weighted by molar-refractivity contribution is 0.208. The fraction of sp³-hybridized carbons (Fsp3) is 0.304. The van der Waals surface area contributed by atoms with Crippen molar-refractivity contribution in [2.24, 2.45) is 11.1 Å². The van der Waals surface area contributed by atoms with Crippen molar-refractivity contribution in [3.05, 3.63) is 83.2 Å². The maximum Gasteiger partial charge on any atom is 0.117 e. The number of H-pyrrole nitrogens is 1. The molecule has 5 rings (SSSR count). The molecule has 0 amide bonds. The van der Waals surface area contributed by atoms with Gasteiger partial charge in [-0.05, 0) is 24.5 Å². The minimum Gasteiger partial charge on any atom is -0.399 e. The van der Waals surface area contributed by atoms with Crippen LogP contribution >= 0.6 is 0 Å². The Labute approximate surface area is 169 Å². The van der Waals surface area contributed by atoms with Crippen LogP contribution in [0.3, 0.4) is 0 Å². The first-order chi connectivity index (χ1) is 14.3. The number of nitrogens with zero attached hydrogens (tertiary/aromatic N) is 4. The van der Waals surface area contributed by atoms with E-state index < -0.39 is 0 Å². The van der Waals surface area contributed by atoms with Crippen molar-refractivity contribution in [3.63, 3.8) is 0 Å². The van der Waals surface area contributed by atoms with Crippen LogP contribution in [0.25, 0.3) is 6.08 Å². The molecule has 1 aromatic carbocycles. The Morgan fingerprint density at radius 2 is 2.07 bits per heavy atom. The van der Waals surface area contributed by atoms with Crippen molar-refractivity contribution >= 4 is 11.8 Å². The monoisotopic (exact) mass is 385 g/mol. The lowest BCUT2D eigenvalue weighted by Gasteiger charge is -2.33. The topological polar surface area (TPSA) is 76.1 Å². The maximum absolute atomic E-state index is 5.15. The molecule has 146 valence electrons. The summed E-state index contributed by atoms with van der Waals surface area (Å²) in [4.78, 5) is 13.9. The molecule has 3 aromatic rings. The van der Waals surface area contributed by atoms with Gasteiger partial charge in [-0.25, -0.2) is 9.97 Å². The largest absolute Gasteiger partial charge is 0.399 e. The number of nitrogens with one attached hydrogen (secondary N) is 1. The second-order valence-electron chi connectivity index (χ2n) is 7.69. The molecule has 1 N–H and O–H groups in total. The Hall–Kier alpha value is -3.28. The summed E-state index contributed by atoms with van der Waals surface area (Å²) in [7, 11) is 1.60. The molecular weight excluding hydrogens is 362 g/mol. The zero-order valence-corrected chi connectivity index (χ0v) is 16.4. The van der Waals surface area contributed by atoms with Gasteiger partial charge in [-0.2, -0.15) is 5.10 Å². The van der Waals surface area contributed by atoms with Crippen LogP contribution in [0.2, 0.25) is 0 Å². The maximum atomic E-state index is 5.15. The van der Waals surface area contributed by atoms with E-state index in [-0.39, 0.29) is 5.41 Å². The summed E-state index contributed by atoms with van der Waals surface area (Å²) in [5.41, 5.74) is 5.86. The van der Waals surface area contributed by atoms with Gasteiger partial charge in [0, 0.05) is 29.8 Å². The quantitative estimate of drug-likeness (QED) is 0.534. The van der Waals surface area contributed by atoms with Crippen LogP contribution in [0.4, 0.5) is 0 Å². The number of rotatable bonds is 5. The highest BCUT2D eigenvalue weighted by Gasteiger charge is 2.39. The molecule has 6 nitrogen and oxygen atoms in total. The number of allylic oxidation sites excluding steroid dienone is 1. The number of aromatic amines is 1. The molecule has 2 aromatic heterocycles. The first-order valence-corrected chi connectivity index (χ1v) is 10.0. The van der Waals surface area contributed by atoms with E-state index in [1.165, 1.54) is 12.0 Å². The molecule has 0 radical (unpaired) electrons. The summed E-state index contributed by atoms with van der Waals surface area (Å²) < 4.78 is 0. The Morgan fingerprint density at radius 1 is 1.21 bits per heavy atom. The molecular formula is C23H23N5O. The third-order valence-corrected chi connectivity index (χ3v) is 6.13. The molecule has 2 aliphatic rings. The molecule has 0 aliphatic heterocycles. The summed E-state index contributed by atoms with van der Waals surface area (Å²) in [5, 5.41) is 12.3. The van der Waals surface area contributed by atoms with Gasteiger partial charge in [0.05, 0.1) is 11.1 Å². The van der Waals surface area contributed by atoms with E-state index in [2.05, 4.69) is 61.7 Å². The average molecular weight is 385 g/mol. The summed E-state index contributed by atoms with van der Waals surface area (Å²) in [6, 6.07) is 12.5. The number of hydrogen-bond donors (Lipinski definition) is 1. The average Bonchev–Trinajstić information content (AvgIpc) is 3.16. The Bertz CT molecular complexity index is 1010. The first-order valence-electron chi connectivity index (χ1n) is 10.0. The van der Waals surface area contributed by atoms with Gasteiger partial charge >= 0.3 is 0 Å². The van der Waals surface area contributed by atoms with Crippen molar-refractivity contribution in [1.82, 2.24) is 20.2 Å². The summed E-state index contributed by atoms with van der Waals surface area (Å²) in [5.74, 6) is 0.429. The third-order valence-electron chi connectivity index (χ3n) is 6.13. The summed E-state index contributed by atoms with van der Waals surface area (Å²) in [6.45, 7) is 0. The highest BCUT2D eigenvalue weighted by Crippen LogP contribution is 2.41. The molecule has 29 heavy (non-hydrogen) atoms. The molecule has 0 saturated heterocycles. The van der Waals surface area contributed by atoms with Crippen molar-refractivity contribution in [2.75, 3.05) is 7.11 Å². The lowest BCUT2D eigenvalue weighted by atomic mass is 9.70. The van der Waals surface area contributed by atoms with Crippen molar-refractivity contribution < 1.29 is 4.84 Å². The van der Waals surface area contributed by atoms with E-state index in [4.69, 9.17) is 4.84 Å². The van der Waals surface area contributed by atoms with E-state index in [0.29, 0.717) is 5.92 Å². The fourth-order valence-corrected chi connectivity index (χ4v) is 4.36. The van der Waals surface area contributed by atoms with Crippen LogP contribution < -0.4 is 0 Å². The van der Waals surface area contributed by atoms with Gasteiger partial charge in [-0.15, -0.1) is 0 Å². The van der Waals surface area contributed by atoms with E-state index in [1.807, 2.05) is 12.1 Å². The van der Waals surface area contributed by atoms with Crippen LogP contribution in [-0.4, -0.2) is 33.0 Å². The zero-order chi connectivity index (χ0) is 19.7. The first kappa shape index (κ1) is 17.8. The van der Waals surface area contributed by atoms with Crippen LogP contribution in [0.15, 0.2) is 60.2 Å². The van der Waals surface area contributed by atoms with Gasteiger partial charge in [-0.1, -0.05) is 54.1 Å². The summed E-state index contributed by atoms with van der Waals surface area (Å²) >= 11 is 0. The number of oxime groups is 1.